The highest BCUT2D eigenvalue weighted by Crippen LogP contribution is 2.19. The third-order valence-corrected chi connectivity index (χ3v) is 2.27. The molecule has 0 heterocycles. The Kier molecular flexibility index (Phi) is 6.22. The van der Waals surface area contributed by atoms with Gasteiger partial charge in [0.25, 0.3) is 6.43 Å². The van der Waals surface area contributed by atoms with Crippen LogP contribution in [-0.2, 0) is 11.4 Å². The summed E-state index contributed by atoms with van der Waals surface area (Å²) in [6.07, 6.45) is 2.34. The summed E-state index contributed by atoms with van der Waals surface area (Å²) in [5.74, 6) is 0. The molecule has 0 amide bonds. The molecule has 0 saturated heterocycles. The van der Waals surface area contributed by atoms with E-state index in [1.165, 1.54) is 12.1 Å². The van der Waals surface area contributed by atoms with Crippen molar-refractivity contribution in [1.29, 1.82) is 0 Å². The van der Waals surface area contributed by atoms with Gasteiger partial charge in [-0.25, -0.2) is 8.78 Å². The second-order valence-electron chi connectivity index (χ2n) is 3.75. The predicted octanol–water partition coefficient (Wildman–Crippen LogP) is 4.32. The van der Waals surface area contributed by atoms with E-state index in [4.69, 9.17) is 4.84 Å². The minimum absolute atomic E-state index is 0.0149. The van der Waals surface area contributed by atoms with Gasteiger partial charge < -0.3 is 4.84 Å². The zero-order valence-corrected chi connectivity index (χ0v) is 9.90. The number of hydrogen-bond donors (Lipinski definition) is 0. The lowest BCUT2D eigenvalue weighted by molar-refractivity contribution is 0.130. The number of oxime groups is 1. The number of benzene rings is 1. The second kappa shape index (κ2) is 7.76. The normalized spacial score (nSPS) is 11.3. The maximum Gasteiger partial charge on any atom is 0.263 e. The Morgan fingerprint density at radius 1 is 1.41 bits per heavy atom. The van der Waals surface area contributed by atoms with Crippen molar-refractivity contribution in [2.24, 2.45) is 5.16 Å². The van der Waals surface area contributed by atoms with Crippen LogP contribution in [0.3, 0.4) is 0 Å². The van der Waals surface area contributed by atoms with E-state index in [1.54, 1.807) is 18.3 Å². The summed E-state index contributed by atoms with van der Waals surface area (Å²) in [6, 6.07) is 6.18. The van der Waals surface area contributed by atoms with Crippen molar-refractivity contribution < 1.29 is 13.6 Å². The lowest BCUT2D eigenvalue weighted by Gasteiger charge is -2.03. The first-order chi connectivity index (χ1) is 8.24. The topological polar surface area (TPSA) is 21.6 Å². The molecule has 0 atom stereocenters. The van der Waals surface area contributed by atoms with E-state index in [-0.39, 0.29) is 12.2 Å². The van der Waals surface area contributed by atoms with Crippen molar-refractivity contribution in [3.8, 4) is 0 Å². The molecule has 0 saturated carbocycles. The van der Waals surface area contributed by atoms with Gasteiger partial charge >= 0.3 is 0 Å². The highest BCUT2D eigenvalue weighted by Gasteiger charge is 2.06. The van der Waals surface area contributed by atoms with Gasteiger partial charge in [0.2, 0.25) is 0 Å². The Labute approximate surface area is 100 Å². The lowest BCUT2D eigenvalue weighted by atomic mass is 10.1. The number of unbranched alkanes of at least 4 members (excludes halogenated alkanes) is 2. The molecule has 0 aliphatic heterocycles. The minimum Gasteiger partial charge on any atom is -0.391 e. The fraction of sp³-hybridized carbons (Fsp3) is 0.462. The molecule has 17 heavy (non-hydrogen) atoms. The molecule has 1 aromatic rings. The predicted molar refractivity (Wildman–Crippen MR) is 64.2 cm³/mol. The third kappa shape index (κ3) is 5.43. The van der Waals surface area contributed by atoms with Crippen LogP contribution in [0.15, 0.2) is 29.4 Å². The summed E-state index contributed by atoms with van der Waals surface area (Å²) >= 11 is 0. The maximum absolute atomic E-state index is 12.4. The van der Waals surface area contributed by atoms with E-state index in [0.717, 1.165) is 19.3 Å². The average Bonchev–Trinajstić information content (AvgIpc) is 2.34. The van der Waals surface area contributed by atoms with E-state index in [9.17, 15) is 8.78 Å². The Balaban J connectivity index is 2.36. The van der Waals surface area contributed by atoms with Gasteiger partial charge in [-0.15, -0.1) is 0 Å². The standard InChI is InChI=1S/C13H17F2NO/c1-2-3-4-8-16-17-10-11-6-5-7-12(9-11)13(14)15/h5-9,13H,2-4,10H2,1H3. The summed E-state index contributed by atoms with van der Waals surface area (Å²) < 4.78 is 24.8. The van der Waals surface area contributed by atoms with Gasteiger partial charge in [0.1, 0.15) is 6.61 Å². The first-order valence-electron chi connectivity index (χ1n) is 5.74. The van der Waals surface area contributed by atoms with Crippen LogP contribution in [0.5, 0.6) is 0 Å². The number of nitrogens with zero attached hydrogens (tertiary/aromatic N) is 1. The van der Waals surface area contributed by atoms with Gasteiger partial charge in [0, 0.05) is 11.8 Å². The molecule has 0 bridgehead atoms. The van der Waals surface area contributed by atoms with Crippen molar-refractivity contribution in [2.45, 2.75) is 39.2 Å². The van der Waals surface area contributed by atoms with Crippen LogP contribution in [0.2, 0.25) is 0 Å². The lowest BCUT2D eigenvalue weighted by Crippen LogP contribution is -1.91. The number of alkyl halides is 2. The molecule has 0 N–H and O–H groups in total. The van der Waals surface area contributed by atoms with Crippen molar-refractivity contribution in [3.63, 3.8) is 0 Å². The molecule has 0 fully saturated rings. The van der Waals surface area contributed by atoms with Crippen LogP contribution >= 0.6 is 0 Å². The van der Waals surface area contributed by atoms with Gasteiger partial charge in [-0.3, -0.25) is 0 Å². The summed E-state index contributed by atoms with van der Waals surface area (Å²) in [4.78, 5) is 5.03. The van der Waals surface area contributed by atoms with Crippen molar-refractivity contribution in [1.82, 2.24) is 0 Å². The van der Waals surface area contributed by atoms with Crippen LogP contribution in [-0.4, -0.2) is 6.21 Å². The molecular formula is C13H17F2NO. The first-order valence-corrected chi connectivity index (χ1v) is 5.74. The molecule has 0 spiro atoms. The van der Waals surface area contributed by atoms with E-state index < -0.39 is 6.43 Å². The molecule has 0 aromatic heterocycles. The van der Waals surface area contributed by atoms with Crippen LogP contribution in [0.25, 0.3) is 0 Å². The van der Waals surface area contributed by atoms with Crippen LogP contribution < -0.4 is 0 Å². The molecule has 1 aromatic carbocycles. The molecule has 0 aliphatic carbocycles. The molecule has 0 radical (unpaired) electrons. The number of rotatable bonds is 7. The smallest absolute Gasteiger partial charge is 0.263 e. The fourth-order valence-electron chi connectivity index (χ4n) is 1.33. The number of hydrogen-bond acceptors (Lipinski definition) is 2. The fourth-order valence-corrected chi connectivity index (χ4v) is 1.33. The highest BCUT2D eigenvalue weighted by atomic mass is 19.3. The number of halogens is 2. The molecule has 1 rings (SSSR count). The summed E-state index contributed by atoms with van der Waals surface area (Å²) in [5, 5.41) is 3.77. The largest absolute Gasteiger partial charge is 0.391 e. The average molecular weight is 241 g/mol. The second-order valence-corrected chi connectivity index (χ2v) is 3.75. The SMILES string of the molecule is CCCCC=NOCc1cccc(C(F)F)c1. The van der Waals surface area contributed by atoms with Crippen LogP contribution in [0, 0.1) is 0 Å². The van der Waals surface area contributed by atoms with Gasteiger partial charge in [-0.1, -0.05) is 36.7 Å². The van der Waals surface area contributed by atoms with E-state index in [0.29, 0.717) is 5.56 Å². The van der Waals surface area contributed by atoms with Crippen LogP contribution in [0.1, 0.15) is 43.7 Å². The Bertz CT molecular complexity index is 353. The summed E-state index contributed by atoms with van der Waals surface area (Å²) in [6.45, 7) is 2.33. The van der Waals surface area contributed by atoms with Crippen LogP contribution in [0.4, 0.5) is 8.78 Å². The van der Waals surface area contributed by atoms with Gasteiger partial charge in [0.15, 0.2) is 0 Å². The van der Waals surface area contributed by atoms with Gasteiger partial charge in [0.05, 0.1) is 0 Å². The van der Waals surface area contributed by atoms with Gasteiger partial charge in [-0.2, -0.15) is 0 Å². The molecule has 0 unspecified atom stereocenters. The molecule has 94 valence electrons. The van der Waals surface area contributed by atoms with Crippen molar-refractivity contribution in [2.75, 3.05) is 0 Å². The highest BCUT2D eigenvalue weighted by molar-refractivity contribution is 5.56. The van der Waals surface area contributed by atoms with E-state index >= 15 is 0 Å². The minimum atomic E-state index is -2.44. The third-order valence-electron chi connectivity index (χ3n) is 2.27. The first kappa shape index (κ1) is 13.6. The zero-order chi connectivity index (χ0) is 12.5. The monoisotopic (exact) mass is 241 g/mol. The van der Waals surface area contributed by atoms with E-state index in [2.05, 4.69) is 12.1 Å². The maximum atomic E-state index is 12.4. The summed E-state index contributed by atoms with van der Waals surface area (Å²) in [7, 11) is 0. The Morgan fingerprint density at radius 3 is 2.94 bits per heavy atom. The molecule has 2 nitrogen and oxygen atoms in total. The Morgan fingerprint density at radius 2 is 2.24 bits per heavy atom. The Hall–Kier alpha value is -1.45. The zero-order valence-electron chi connectivity index (χ0n) is 9.90. The molecule has 4 heteroatoms. The summed E-state index contributed by atoms with van der Waals surface area (Å²) in [5.41, 5.74) is 0.719. The van der Waals surface area contributed by atoms with Crippen molar-refractivity contribution >= 4 is 6.21 Å². The molecule has 0 aliphatic rings. The molecular weight excluding hydrogens is 224 g/mol. The quantitative estimate of drug-likeness (QED) is 0.396. The van der Waals surface area contributed by atoms with E-state index in [1.807, 2.05) is 0 Å². The van der Waals surface area contributed by atoms with Gasteiger partial charge in [-0.05, 0) is 24.5 Å². The van der Waals surface area contributed by atoms with Crippen molar-refractivity contribution in [3.05, 3.63) is 35.4 Å².